The van der Waals surface area contributed by atoms with Crippen molar-refractivity contribution in [2.45, 2.75) is 32.9 Å². The molecule has 176 valence electrons. The van der Waals surface area contributed by atoms with E-state index >= 15 is 0 Å². The van der Waals surface area contributed by atoms with Gasteiger partial charge in [-0.3, -0.25) is 9.88 Å². The predicted molar refractivity (Wildman–Crippen MR) is 121 cm³/mol. The molecule has 0 saturated carbocycles. The van der Waals surface area contributed by atoms with Crippen LogP contribution in [-0.2, 0) is 6.18 Å². The Morgan fingerprint density at radius 2 is 1.94 bits per heavy atom. The first-order chi connectivity index (χ1) is 14.5. The Balaban J connectivity index is 1.69. The molecule has 0 radical (unpaired) electrons. The van der Waals surface area contributed by atoms with Crippen LogP contribution in [0.1, 0.15) is 42.6 Å². The van der Waals surface area contributed by atoms with Gasteiger partial charge in [0.2, 0.25) is 0 Å². The number of carbonyl (C=O) groups excluding carboxylic acids is 1. The van der Waals surface area contributed by atoms with Crippen molar-refractivity contribution < 1.29 is 22.4 Å². The third-order valence-electron chi connectivity index (χ3n) is 5.11. The van der Waals surface area contributed by atoms with Crippen molar-refractivity contribution in [3.05, 3.63) is 35.1 Å². The largest absolute Gasteiger partial charge is 0.416 e. The third-order valence-corrected chi connectivity index (χ3v) is 8.98. The SMILES string of the molecule is CC(C)CSP(C)NCCN1CCC(CNC(=O)c2cc(F)cc(C(F)(F)F)c2)CC1. The normalized spacial score (nSPS) is 17.2. The van der Waals surface area contributed by atoms with E-state index in [1.165, 1.54) is 5.75 Å². The average Bonchev–Trinajstić information content (AvgIpc) is 2.70. The lowest BCUT2D eigenvalue weighted by molar-refractivity contribution is -0.137. The van der Waals surface area contributed by atoms with Gasteiger partial charge in [0.05, 0.1) is 5.56 Å². The van der Waals surface area contributed by atoms with E-state index in [1.807, 2.05) is 11.4 Å². The van der Waals surface area contributed by atoms with Crippen LogP contribution in [0.25, 0.3) is 0 Å². The molecular formula is C21H32F4N3OPS. The molecule has 0 bridgehead atoms. The molecule has 1 fully saturated rings. The Labute approximate surface area is 187 Å². The summed E-state index contributed by atoms with van der Waals surface area (Å²) in [6, 6.07) is 1.92. The molecule has 0 aromatic heterocycles. The molecule has 0 spiro atoms. The topological polar surface area (TPSA) is 44.4 Å². The third kappa shape index (κ3) is 9.64. The fourth-order valence-electron chi connectivity index (χ4n) is 3.31. The van der Waals surface area contributed by atoms with Crippen LogP contribution in [0.15, 0.2) is 18.2 Å². The van der Waals surface area contributed by atoms with Crippen LogP contribution in [0.4, 0.5) is 17.6 Å². The second-order valence-corrected chi connectivity index (χ2v) is 12.6. The Hall–Kier alpha value is -0.890. The second kappa shape index (κ2) is 12.4. The molecule has 31 heavy (non-hydrogen) atoms. The highest BCUT2D eigenvalue weighted by molar-refractivity contribution is 8.54. The molecule has 2 rings (SSSR count). The second-order valence-electron chi connectivity index (χ2n) is 8.32. The number of amides is 1. The van der Waals surface area contributed by atoms with E-state index < -0.39 is 23.5 Å². The number of hydrogen-bond donors (Lipinski definition) is 2. The summed E-state index contributed by atoms with van der Waals surface area (Å²) in [6.07, 6.45) is -2.86. The van der Waals surface area contributed by atoms with Gasteiger partial charge < -0.3 is 10.2 Å². The quantitative estimate of drug-likeness (QED) is 0.356. The van der Waals surface area contributed by atoms with E-state index in [0.717, 1.165) is 45.1 Å². The Morgan fingerprint density at radius 1 is 1.26 bits per heavy atom. The minimum Gasteiger partial charge on any atom is -0.352 e. The van der Waals surface area contributed by atoms with Crippen molar-refractivity contribution in [3.63, 3.8) is 0 Å². The molecule has 1 heterocycles. The summed E-state index contributed by atoms with van der Waals surface area (Å²) in [5, 5.41) is 6.26. The van der Waals surface area contributed by atoms with Gasteiger partial charge in [0.15, 0.2) is 0 Å². The summed E-state index contributed by atoms with van der Waals surface area (Å²) in [4.78, 5) is 14.6. The Kier molecular flexibility index (Phi) is 10.5. The zero-order valence-electron chi connectivity index (χ0n) is 18.3. The lowest BCUT2D eigenvalue weighted by Crippen LogP contribution is -2.40. The molecule has 1 saturated heterocycles. The van der Waals surface area contributed by atoms with Gasteiger partial charge in [0, 0.05) is 38.2 Å². The van der Waals surface area contributed by atoms with Crippen molar-refractivity contribution >= 4 is 24.6 Å². The summed E-state index contributed by atoms with van der Waals surface area (Å²) in [5.74, 6) is 0.393. The maximum atomic E-state index is 13.5. The van der Waals surface area contributed by atoms with E-state index in [9.17, 15) is 22.4 Å². The molecule has 0 aliphatic carbocycles. The minimum atomic E-state index is -4.69. The number of nitrogens with zero attached hydrogens (tertiary/aromatic N) is 1. The number of carbonyl (C=O) groups is 1. The molecule has 1 aromatic rings. The van der Waals surface area contributed by atoms with Gasteiger partial charge >= 0.3 is 6.18 Å². The van der Waals surface area contributed by atoms with Crippen molar-refractivity contribution in [1.82, 2.24) is 15.3 Å². The number of rotatable bonds is 10. The maximum absolute atomic E-state index is 13.5. The number of alkyl halides is 3. The number of halogens is 4. The lowest BCUT2D eigenvalue weighted by Gasteiger charge is -2.32. The predicted octanol–water partition coefficient (Wildman–Crippen LogP) is 5.21. The zero-order valence-corrected chi connectivity index (χ0v) is 20.0. The van der Waals surface area contributed by atoms with Gasteiger partial charge in [-0.05, 0) is 62.6 Å². The van der Waals surface area contributed by atoms with E-state index in [4.69, 9.17) is 0 Å². The number of nitrogens with one attached hydrogen (secondary N) is 2. The lowest BCUT2D eigenvalue weighted by atomic mass is 9.96. The van der Waals surface area contributed by atoms with Gasteiger partial charge in [-0.15, -0.1) is 11.4 Å². The van der Waals surface area contributed by atoms with Gasteiger partial charge in [-0.2, -0.15) is 13.2 Å². The minimum absolute atomic E-state index is 0.201. The summed E-state index contributed by atoms with van der Waals surface area (Å²) in [7, 11) is -0.201. The zero-order chi connectivity index (χ0) is 23.0. The molecule has 1 atom stereocenters. The van der Waals surface area contributed by atoms with Crippen LogP contribution >= 0.6 is 18.7 Å². The van der Waals surface area contributed by atoms with Crippen LogP contribution in [-0.4, -0.2) is 55.9 Å². The standard InChI is InChI=1S/C21H32F4N3OPS/c1-15(2)14-31-30(3)27-6-9-28-7-4-16(5-8-28)13-26-20(29)17-10-18(21(23,24)25)12-19(22)11-17/h10-12,15-16,27H,4-9,13-14H2,1-3H3,(H,26,29). The van der Waals surface area contributed by atoms with Gasteiger partial charge in [-0.25, -0.2) is 4.39 Å². The van der Waals surface area contributed by atoms with Crippen molar-refractivity contribution in [1.29, 1.82) is 0 Å². The fourth-order valence-corrected chi connectivity index (χ4v) is 6.45. The number of likely N-dealkylation sites (tertiary alicyclic amines) is 1. The summed E-state index contributed by atoms with van der Waals surface area (Å²) in [6.45, 7) is 10.9. The average molecular weight is 482 g/mol. The first-order valence-electron chi connectivity index (χ1n) is 10.5. The van der Waals surface area contributed by atoms with Crippen LogP contribution in [0.3, 0.4) is 0 Å². The smallest absolute Gasteiger partial charge is 0.352 e. The summed E-state index contributed by atoms with van der Waals surface area (Å²) in [5.41, 5.74) is -1.46. The highest BCUT2D eigenvalue weighted by Crippen LogP contribution is 2.42. The Morgan fingerprint density at radius 3 is 2.55 bits per heavy atom. The van der Waals surface area contributed by atoms with Crippen LogP contribution < -0.4 is 10.4 Å². The molecule has 1 unspecified atom stereocenters. The Bertz CT molecular complexity index is 712. The maximum Gasteiger partial charge on any atom is 0.416 e. The number of hydrogen-bond acceptors (Lipinski definition) is 4. The fraction of sp³-hybridized carbons (Fsp3) is 0.667. The first kappa shape index (κ1) is 26.4. The number of piperidine rings is 1. The van der Waals surface area contributed by atoms with Crippen LogP contribution in [0.5, 0.6) is 0 Å². The first-order valence-corrected chi connectivity index (χ1v) is 13.9. The molecule has 1 aromatic carbocycles. The highest BCUT2D eigenvalue weighted by Gasteiger charge is 2.32. The van der Waals surface area contributed by atoms with E-state index in [1.54, 1.807) is 0 Å². The van der Waals surface area contributed by atoms with Crippen LogP contribution in [0.2, 0.25) is 0 Å². The molecule has 10 heteroatoms. The van der Waals surface area contributed by atoms with E-state index in [2.05, 4.69) is 35.8 Å². The van der Waals surface area contributed by atoms with Gasteiger partial charge in [0.25, 0.3) is 5.91 Å². The van der Waals surface area contributed by atoms with Gasteiger partial charge in [-0.1, -0.05) is 13.8 Å². The summed E-state index contributed by atoms with van der Waals surface area (Å²) < 4.78 is 52.0. The van der Waals surface area contributed by atoms with Crippen LogP contribution in [0, 0.1) is 17.7 Å². The van der Waals surface area contributed by atoms with E-state index in [-0.39, 0.29) is 18.8 Å². The molecule has 4 nitrogen and oxygen atoms in total. The molecule has 2 N–H and O–H groups in total. The molecule has 1 aliphatic heterocycles. The highest BCUT2D eigenvalue weighted by atomic mass is 32.7. The van der Waals surface area contributed by atoms with E-state index in [0.29, 0.717) is 24.6 Å². The molecular weight excluding hydrogens is 449 g/mol. The van der Waals surface area contributed by atoms with Crippen molar-refractivity contribution in [2.75, 3.05) is 45.1 Å². The van der Waals surface area contributed by atoms with Gasteiger partial charge in [0.1, 0.15) is 5.82 Å². The molecule has 1 amide bonds. The monoisotopic (exact) mass is 481 g/mol. The van der Waals surface area contributed by atoms with Crippen molar-refractivity contribution in [2.24, 2.45) is 11.8 Å². The number of benzene rings is 1. The van der Waals surface area contributed by atoms with Crippen molar-refractivity contribution in [3.8, 4) is 0 Å². The summed E-state index contributed by atoms with van der Waals surface area (Å²) >= 11 is 1.99. The molecule has 1 aliphatic rings.